The molecule has 2 aliphatic rings. The maximum Gasteiger partial charge on any atom is 0.317 e. The highest BCUT2D eigenvalue weighted by Crippen LogP contribution is 2.37. The number of aliphatic hydroxyl groups excluding tert-OH is 1. The third-order valence-electron chi connectivity index (χ3n) is 4.39. The average Bonchev–Trinajstić information content (AvgIpc) is 2.97. The summed E-state index contributed by atoms with van der Waals surface area (Å²) in [5.74, 6) is 1.46. The maximum absolute atomic E-state index is 12.1. The number of amides is 2. The molecule has 5 heteroatoms. The van der Waals surface area contributed by atoms with Crippen LogP contribution in [-0.2, 0) is 0 Å². The zero-order valence-electron chi connectivity index (χ0n) is 12.0. The summed E-state index contributed by atoms with van der Waals surface area (Å²) in [6.45, 7) is 3.64. The van der Waals surface area contributed by atoms with Crippen LogP contribution in [0, 0.1) is 5.92 Å². The molecule has 2 rings (SSSR count). The Bertz CT molecular complexity index is 319. The van der Waals surface area contributed by atoms with Crippen LogP contribution in [0.1, 0.15) is 39.0 Å². The largest absolute Gasteiger partial charge is 0.393 e. The van der Waals surface area contributed by atoms with Crippen molar-refractivity contribution in [1.29, 1.82) is 0 Å². The van der Waals surface area contributed by atoms with Gasteiger partial charge in [-0.3, -0.25) is 0 Å². The van der Waals surface area contributed by atoms with Gasteiger partial charge in [0.1, 0.15) is 0 Å². The summed E-state index contributed by atoms with van der Waals surface area (Å²) < 4.78 is 0.212. The molecule has 0 bridgehead atoms. The SMILES string of the molecule is CN(CC1CCCC1O)C(=O)NCC1(C)CCCS1. The summed E-state index contributed by atoms with van der Waals surface area (Å²) >= 11 is 1.96. The van der Waals surface area contributed by atoms with Crippen molar-refractivity contribution in [1.82, 2.24) is 10.2 Å². The summed E-state index contributed by atoms with van der Waals surface area (Å²) in [5.41, 5.74) is 0. The number of hydrogen-bond acceptors (Lipinski definition) is 3. The van der Waals surface area contributed by atoms with Gasteiger partial charge in [-0.2, -0.15) is 11.8 Å². The van der Waals surface area contributed by atoms with Crippen LogP contribution in [0.25, 0.3) is 0 Å². The first kappa shape index (κ1) is 15.0. The lowest BCUT2D eigenvalue weighted by Gasteiger charge is -2.27. The monoisotopic (exact) mass is 286 g/mol. The molecule has 3 unspecified atom stereocenters. The molecule has 1 aliphatic carbocycles. The first-order valence-corrected chi connectivity index (χ1v) is 8.30. The van der Waals surface area contributed by atoms with Crippen molar-refractivity contribution in [2.45, 2.75) is 49.9 Å². The molecule has 1 heterocycles. The van der Waals surface area contributed by atoms with Crippen molar-refractivity contribution >= 4 is 17.8 Å². The summed E-state index contributed by atoms with van der Waals surface area (Å²) in [6.07, 6.45) is 5.21. The van der Waals surface area contributed by atoms with Gasteiger partial charge in [-0.1, -0.05) is 6.42 Å². The maximum atomic E-state index is 12.1. The van der Waals surface area contributed by atoms with Crippen molar-refractivity contribution in [3.63, 3.8) is 0 Å². The van der Waals surface area contributed by atoms with Crippen LogP contribution in [0.3, 0.4) is 0 Å². The van der Waals surface area contributed by atoms with E-state index in [1.54, 1.807) is 4.90 Å². The zero-order chi connectivity index (χ0) is 13.9. The third kappa shape index (κ3) is 4.02. The number of aliphatic hydroxyl groups is 1. The van der Waals surface area contributed by atoms with E-state index in [1.165, 1.54) is 18.6 Å². The molecule has 0 radical (unpaired) electrons. The normalized spacial score (nSPS) is 34.5. The molecule has 1 aliphatic heterocycles. The molecule has 0 spiro atoms. The molecular formula is C14H26N2O2S. The number of rotatable bonds is 4. The number of nitrogens with one attached hydrogen (secondary N) is 1. The lowest BCUT2D eigenvalue weighted by atomic mass is 10.1. The van der Waals surface area contributed by atoms with E-state index >= 15 is 0 Å². The van der Waals surface area contributed by atoms with Gasteiger partial charge in [0.2, 0.25) is 0 Å². The molecule has 0 aromatic carbocycles. The molecule has 0 aromatic rings. The number of thioether (sulfide) groups is 1. The Hall–Kier alpha value is -0.420. The second-order valence-electron chi connectivity index (χ2n) is 6.20. The van der Waals surface area contributed by atoms with E-state index in [0.717, 1.165) is 25.8 Å². The number of hydrogen-bond donors (Lipinski definition) is 2. The van der Waals surface area contributed by atoms with Gasteiger partial charge >= 0.3 is 6.03 Å². The van der Waals surface area contributed by atoms with Crippen LogP contribution in [0.5, 0.6) is 0 Å². The standard InChI is InChI=1S/C14H26N2O2S/c1-14(7-4-8-19-14)10-15-13(18)16(2)9-11-5-3-6-12(11)17/h11-12,17H,3-10H2,1-2H3,(H,15,18). The van der Waals surface area contributed by atoms with Crippen molar-refractivity contribution in [3.8, 4) is 0 Å². The first-order valence-electron chi connectivity index (χ1n) is 7.31. The lowest BCUT2D eigenvalue weighted by Crippen LogP contribution is -2.45. The third-order valence-corrected chi connectivity index (χ3v) is 5.93. The van der Waals surface area contributed by atoms with Crippen LogP contribution >= 0.6 is 11.8 Å². The number of carbonyl (C=O) groups excluding carboxylic acids is 1. The van der Waals surface area contributed by atoms with Crippen molar-refractivity contribution in [3.05, 3.63) is 0 Å². The minimum atomic E-state index is -0.224. The fourth-order valence-electron chi connectivity index (χ4n) is 3.04. The summed E-state index contributed by atoms with van der Waals surface area (Å²) in [7, 11) is 1.82. The Labute approximate surface area is 120 Å². The van der Waals surface area contributed by atoms with Crippen LogP contribution in [0.2, 0.25) is 0 Å². The summed E-state index contributed by atoms with van der Waals surface area (Å²) in [5, 5.41) is 12.8. The highest BCUT2D eigenvalue weighted by atomic mass is 32.2. The molecule has 19 heavy (non-hydrogen) atoms. The van der Waals surface area contributed by atoms with Gasteiger partial charge < -0.3 is 15.3 Å². The molecule has 2 fully saturated rings. The van der Waals surface area contributed by atoms with E-state index in [1.807, 2.05) is 18.8 Å². The Morgan fingerprint density at radius 1 is 1.47 bits per heavy atom. The molecular weight excluding hydrogens is 260 g/mol. The molecule has 4 nitrogen and oxygen atoms in total. The van der Waals surface area contributed by atoms with Gasteiger partial charge in [0.05, 0.1) is 6.10 Å². The molecule has 0 aromatic heterocycles. The van der Waals surface area contributed by atoms with E-state index in [9.17, 15) is 9.90 Å². The topological polar surface area (TPSA) is 52.6 Å². The lowest BCUT2D eigenvalue weighted by molar-refractivity contribution is 0.114. The minimum Gasteiger partial charge on any atom is -0.393 e. The highest BCUT2D eigenvalue weighted by Gasteiger charge is 2.31. The summed E-state index contributed by atoms with van der Waals surface area (Å²) in [6, 6.07) is -0.00664. The van der Waals surface area contributed by atoms with E-state index in [0.29, 0.717) is 6.54 Å². The minimum absolute atomic E-state index is 0.00664. The Balaban J connectivity index is 1.73. The van der Waals surface area contributed by atoms with Gasteiger partial charge in [-0.25, -0.2) is 4.79 Å². The van der Waals surface area contributed by atoms with Gasteiger partial charge in [-0.15, -0.1) is 0 Å². The smallest absolute Gasteiger partial charge is 0.317 e. The predicted octanol–water partition coefficient (Wildman–Crippen LogP) is 2.07. The fraction of sp³-hybridized carbons (Fsp3) is 0.929. The average molecular weight is 286 g/mol. The molecule has 3 atom stereocenters. The van der Waals surface area contributed by atoms with Crippen LogP contribution in [0.15, 0.2) is 0 Å². The summed E-state index contributed by atoms with van der Waals surface area (Å²) in [4.78, 5) is 13.8. The van der Waals surface area contributed by atoms with Crippen molar-refractivity contribution < 1.29 is 9.90 Å². The van der Waals surface area contributed by atoms with Crippen LogP contribution in [-0.4, -0.2) is 52.8 Å². The van der Waals surface area contributed by atoms with Gasteiger partial charge in [0.25, 0.3) is 0 Å². The van der Waals surface area contributed by atoms with E-state index < -0.39 is 0 Å². The fourth-order valence-corrected chi connectivity index (χ4v) is 4.28. The van der Waals surface area contributed by atoms with Crippen LogP contribution < -0.4 is 5.32 Å². The predicted molar refractivity (Wildman–Crippen MR) is 79.5 cm³/mol. The van der Waals surface area contributed by atoms with E-state index in [4.69, 9.17) is 0 Å². The van der Waals surface area contributed by atoms with Gasteiger partial charge in [0, 0.05) is 30.8 Å². The number of nitrogens with zero attached hydrogens (tertiary/aromatic N) is 1. The number of carbonyl (C=O) groups is 1. The van der Waals surface area contributed by atoms with Crippen molar-refractivity contribution in [2.24, 2.45) is 5.92 Å². The Morgan fingerprint density at radius 2 is 2.26 bits per heavy atom. The van der Waals surface area contributed by atoms with E-state index in [-0.39, 0.29) is 22.8 Å². The van der Waals surface area contributed by atoms with E-state index in [2.05, 4.69) is 12.2 Å². The van der Waals surface area contributed by atoms with Crippen LogP contribution in [0.4, 0.5) is 4.79 Å². The Morgan fingerprint density at radius 3 is 2.84 bits per heavy atom. The van der Waals surface area contributed by atoms with Gasteiger partial charge in [0.15, 0.2) is 0 Å². The Kier molecular flexibility index (Phi) is 5.01. The number of urea groups is 1. The molecule has 2 amide bonds. The molecule has 1 saturated heterocycles. The quantitative estimate of drug-likeness (QED) is 0.832. The van der Waals surface area contributed by atoms with Crippen molar-refractivity contribution in [2.75, 3.05) is 25.9 Å². The highest BCUT2D eigenvalue weighted by molar-refractivity contribution is 8.00. The second kappa shape index (κ2) is 6.35. The molecule has 1 saturated carbocycles. The molecule has 2 N–H and O–H groups in total. The first-order chi connectivity index (χ1) is 9.00. The second-order valence-corrected chi connectivity index (χ2v) is 7.88. The molecule has 110 valence electrons. The van der Waals surface area contributed by atoms with Gasteiger partial charge in [-0.05, 0) is 38.4 Å². The zero-order valence-corrected chi connectivity index (χ0v) is 12.8.